The molecule has 0 aromatic rings. The molecule has 4 aliphatic carbocycles. The van der Waals surface area contributed by atoms with Crippen molar-refractivity contribution in [3.63, 3.8) is 0 Å². The van der Waals surface area contributed by atoms with Gasteiger partial charge in [-0.25, -0.2) is 4.79 Å². The van der Waals surface area contributed by atoms with Gasteiger partial charge in [-0.2, -0.15) is 0 Å². The lowest BCUT2D eigenvalue weighted by Gasteiger charge is -2.64. The Balaban J connectivity index is 1.19. The van der Waals surface area contributed by atoms with Crippen LogP contribution >= 0.6 is 0 Å². The van der Waals surface area contributed by atoms with E-state index >= 15 is 0 Å². The van der Waals surface area contributed by atoms with Crippen LogP contribution < -0.4 is 0 Å². The molecule has 0 spiro atoms. The number of aliphatic hydroxyl groups excluding tert-OH is 3. The maximum atomic E-state index is 12.4. The number of aliphatic hydroxyl groups is 4. The average Bonchev–Trinajstić information content (AvgIpc) is 3.38. The Morgan fingerprint density at radius 3 is 2.49 bits per heavy atom. The molecule has 0 radical (unpaired) electrons. The molecule has 0 aromatic carbocycles. The van der Waals surface area contributed by atoms with Crippen LogP contribution in [-0.4, -0.2) is 75.4 Å². The van der Waals surface area contributed by atoms with Crippen LogP contribution in [0.4, 0.5) is 0 Å². The number of carbonyl (C=O) groups is 1. The van der Waals surface area contributed by atoms with E-state index in [9.17, 15) is 25.2 Å². The number of fused-ring (bicyclic) bond motifs is 5. The molecule has 5 fully saturated rings. The molecule has 37 heavy (non-hydrogen) atoms. The minimum absolute atomic E-state index is 0.127. The molecule has 4 saturated carbocycles. The predicted molar refractivity (Wildman–Crippen MR) is 133 cm³/mol. The third-order valence-corrected chi connectivity index (χ3v) is 12.1. The SMILES string of the molecule is C[C@H]1O[C@@H](O[C@@H]2C[C@H]3CC[C@@H]4[C@H](CC[C@]5(C)[C@@H](C6=CC(=O)OC6)CC[C@]45O)[C@@]3(C)[C@H](O)C2)C[C@@H](O)[C@@H]1O. The molecule has 0 unspecified atom stereocenters. The van der Waals surface area contributed by atoms with Crippen molar-refractivity contribution in [1.29, 1.82) is 0 Å². The fourth-order valence-corrected chi connectivity index (χ4v) is 9.87. The van der Waals surface area contributed by atoms with Gasteiger partial charge in [0.1, 0.15) is 12.7 Å². The first-order valence-electron chi connectivity index (χ1n) is 14.4. The van der Waals surface area contributed by atoms with Gasteiger partial charge >= 0.3 is 5.97 Å². The van der Waals surface area contributed by atoms with Gasteiger partial charge < -0.3 is 34.6 Å². The second kappa shape index (κ2) is 9.00. The Morgan fingerprint density at radius 1 is 1.00 bits per heavy atom. The molecular weight excluding hydrogens is 476 g/mol. The summed E-state index contributed by atoms with van der Waals surface area (Å²) in [6.07, 6.45) is 4.94. The second-order valence-corrected chi connectivity index (χ2v) is 13.5. The standard InChI is InChI=1S/C29H44O8/c1-15-26(33)22(30)13-25(36-15)37-18-11-17-4-5-21-20(28(17,3)23(31)12-18)6-8-27(2)19(7-9-29(21,27)34)16-10-24(32)35-14-16/h10,15,17-23,25-26,30-31,33-34H,4-9,11-14H2,1-3H3/t15-,17-,18-,19-,20+,21-,22-,23-,25+,26-,27-,28+,29+/m1/s1. The van der Waals surface area contributed by atoms with Gasteiger partial charge in [0.25, 0.3) is 0 Å². The summed E-state index contributed by atoms with van der Waals surface area (Å²) in [5.41, 5.74) is -0.351. The van der Waals surface area contributed by atoms with E-state index in [0.717, 1.165) is 50.5 Å². The second-order valence-electron chi connectivity index (χ2n) is 13.5. The molecule has 1 saturated heterocycles. The maximum absolute atomic E-state index is 12.4. The van der Waals surface area contributed by atoms with E-state index in [-0.39, 0.29) is 53.0 Å². The lowest BCUT2D eigenvalue weighted by atomic mass is 9.42. The van der Waals surface area contributed by atoms with Gasteiger partial charge in [-0.1, -0.05) is 13.8 Å². The molecule has 0 aromatic heterocycles. The Kier molecular flexibility index (Phi) is 6.37. The van der Waals surface area contributed by atoms with Gasteiger partial charge in [-0.3, -0.25) is 0 Å². The van der Waals surface area contributed by atoms with Crippen molar-refractivity contribution < 1.29 is 39.4 Å². The van der Waals surface area contributed by atoms with Crippen molar-refractivity contribution in [2.24, 2.45) is 34.5 Å². The van der Waals surface area contributed by atoms with E-state index < -0.39 is 36.3 Å². The van der Waals surface area contributed by atoms with E-state index in [1.807, 2.05) is 0 Å². The van der Waals surface area contributed by atoms with Crippen LogP contribution in [0.1, 0.15) is 78.6 Å². The highest BCUT2D eigenvalue weighted by Crippen LogP contribution is 2.70. The first kappa shape index (κ1) is 26.2. The van der Waals surface area contributed by atoms with Crippen molar-refractivity contribution in [2.45, 2.75) is 121 Å². The van der Waals surface area contributed by atoms with Gasteiger partial charge in [0, 0.05) is 24.3 Å². The van der Waals surface area contributed by atoms with Crippen LogP contribution in [0.25, 0.3) is 0 Å². The zero-order chi connectivity index (χ0) is 26.3. The lowest BCUT2D eigenvalue weighted by Crippen LogP contribution is -2.65. The Labute approximate surface area is 219 Å². The minimum atomic E-state index is -0.911. The summed E-state index contributed by atoms with van der Waals surface area (Å²) >= 11 is 0. The smallest absolute Gasteiger partial charge is 0.331 e. The zero-order valence-corrected chi connectivity index (χ0v) is 22.3. The maximum Gasteiger partial charge on any atom is 0.331 e. The van der Waals surface area contributed by atoms with Crippen LogP contribution in [0.3, 0.4) is 0 Å². The molecule has 208 valence electrons. The molecule has 6 aliphatic rings. The molecule has 2 aliphatic heterocycles. The van der Waals surface area contributed by atoms with Gasteiger partial charge in [0.2, 0.25) is 0 Å². The van der Waals surface area contributed by atoms with Crippen LogP contribution in [0, 0.1) is 34.5 Å². The monoisotopic (exact) mass is 520 g/mol. The fourth-order valence-electron chi connectivity index (χ4n) is 9.87. The van der Waals surface area contributed by atoms with Gasteiger partial charge in [-0.05, 0) is 86.5 Å². The molecule has 4 N–H and O–H groups in total. The molecule has 13 atom stereocenters. The third kappa shape index (κ3) is 3.80. The van der Waals surface area contributed by atoms with Crippen molar-refractivity contribution in [3.05, 3.63) is 11.6 Å². The van der Waals surface area contributed by atoms with Crippen molar-refractivity contribution in [1.82, 2.24) is 0 Å². The van der Waals surface area contributed by atoms with Crippen LogP contribution in [-0.2, 0) is 19.0 Å². The van der Waals surface area contributed by atoms with Crippen molar-refractivity contribution >= 4 is 5.97 Å². The predicted octanol–water partition coefficient (Wildman–Crippen LogP) is 2.46. The summed E-state index contributed by atoms with van der Waals surface area (Å²) < 4.78 is 17.3. The van der Waals surface area contributed by atoms with Crippen LogP contribution in [0.5, 0.6) is 0 Å². The van der Waals surface area contributed by atoms with Crippen molar-refractivity contribution in [2.75, 3.05) is 6.61 Å². The summed E-state index contributed by atoms with van der Waals surface area (Å²) in [6.45, 7) is 6.54. The van der Waals surface area contributed by atoms with Gasteiger partial charge in [0.05, 0.1) is 30.0 Å². The summed E-state index contributed by atoms with van der Waals surface area (Å²) in [5, 5.41) is 44.2. The van der Waals surface area contributed by atoms with E-state index in [0.29, 0.717) is 13.0 Å². The first-order chi connectivity index (χ1) is 17.5. The topological polar surface area (TPSA) is 126 Å². The molecule has 2 heterocycles. The summed E-state index contributed by atoms with van der Waals surface area (Å²) in [7, 11) is 0. The minimum Gasteiger partial charge on any atom is -0.458 e. The van der Waals surface area contributed by atoms with E-state index in [2.05, 4.69) is 13.8 Å². The van der Waals surface area contributed by atoms with Gasteiger partial charge in [0.15, 0.2) is 6.29 Å². The zero-order valence-electron chi connectivity index (χ0n) is 22.3. The number of esters is 1. The highest BCUT2D eigenvalue weighted by Gasteiger charge is 2.69. The largest absolute Gasteiger partial charge is 0.458 e. The summed E-state index contributed by atoms with van der Waals surface area (Å²) in [6, 6.07) is 0. The molecule has 6 rings (SSSR count). The molecule has 0 bridgehead atoms. The van der Waals surface area contributed by atoms with Crippen LogP contribution in [0.2, 0.25) is 0 Å². The van der Waals surface area contributed by atoms with E-state index in [1.54, 1.807) is 13.0 Å². The Bertz CT molecular complexity index is 940. The highest BCUT2D eigenvalue weighted by atomic mass is 16.7. The number of hydrogen-bond acceptors (Lipinski definition) is 8. The lowest BCUT2D eigenvalue weighted by molar-refractivity contribution is -0.280. The normalized spacial score (nSPS) is 55.6. The van der Waals surface area contributed by atoms with Crippen LogP contribution in [0.15, 0.2) is 11.6 Å². The summed E-state index contributed by atoms with van der Waals surface area (Å²) in [4.78, 5) is 11.8. The van der Waals surface area contributed by atoms with E-state index in [1.165, 1.54) is 0 Å². The Hall–Kier alpha value is -1.03. The van der Waals surface area contributed by atoms with Gasteiger partial charge in [-0.15, -0.1) is 0 Å². The quantitative estimate of drug-likeness (QED) is 0.330. The Morgan fingerprint density at radius 2 is 1.78 bits per heavy atom. The molecule has 8 nitrogen and oxygen atoms in total. The number of carbonyl (C=O) groups excluding carboxylic acids is 1. The first-order valence-corrected chi connectivity index (χ1v) is 14.4. The highest BCUT2D eigenvalue weighted by molar-refractivity contribution is 5.85. The summed E-state index contributed by atoms with van der Waals surface area (Å²) in [5.74, 6) is 0.542. The van der Waals surface area contributed by atoms with Crippen molar-refractivity contribution in [3.8, 4) is 0 Å². The molecule has 0 amide bonds. The third-order valence-electron chi connectivity index (χ3n) is 12.1. The number of hydrogen-bond donors (Lipinski definition) is 4. The average molecular weight is 521 g/mol. The van der Waals surface area contributed by atoms with E-state index in [4.69, 9.17) is 14.2 Å². The molecule has 8 heteroatoms. The number of cyclic esters (lactones) is 1. The molecular formula is C29H44O8. The number of rotatable bonds is 3. The number of ether oxygens (including phenoxy) is 3. The fraction of sp³-hybridized carbons (Fsp3) is 0.897.